The van der Waals surface area contributed by atoms with Gasteiger partial charge in [-0.2, -0.15) is 0 Å². The molecule has 2 atom stereocenters. The molecule has 3 aliphatic rings. The van der Waals surface area contributed by atoms with E-state index in [-0.39, 0.29) is 35.9 Å². The highest BCUT2D eigenvalue weighted by atomic mass is 32.2. The molecular formula is C14H21N3O5S. The zero-order chi connectivity index (χ0) is 17.0. The molecule has 4 amide bonds. The molecule has 0 spiro atoms. The van der Waals surface area contributed by atoms with Crippen LogP contribution in [0.1, 0.15) is 26.2 Å². The molecule has 8 nitrogen and oxygen atoms in total. The number of imide groups is 1. The predicted octanol–water partition coefficient (Wildman–Crippen LogP) is -0.648. The van der Waals surface area contributed by atoms with Gasteiger partial charge in [-0.1, -0.05) is 0 Å². The van der Waals surface area contributed by atoms with E-state index in [2.05, 4.69) is 5.32 Å². The number of hydrogen-bond donors (Lipinski definition) is 1. The summed E-state index contributed by atoms with van der Waals surface area (Å²) >= 11 is 0. The van der Waals surface area contributed by atoms with E-state index in [0.29, 0.717) is 6.42 Å². The van der Waals surface area contributed by atoms with E-state index >= 15 is 0 Å². The van der Waals surface area contributed by atoms with Gasteiger partial charge in [0.2, 0.25) is 5.91 Å². The maximum Gasteiger partial charge on any atom is 0.325 e. The van der Waals surface area contributed by atoms with E-state index < -0.39 is 27.3 Å². The Kier molecular flexibility index (Phi) is 3.66. The second-order valence-electron chi connectivity index (χ2n) is 6.86. The molecule has 2 heterocycles. The molecule has 2 unspecified atom stereocenters. The van der Waals surface area contributed by atoms with Crippen LogP contribution in [0.25, 0.3) is 0 Å². The minimum Gasteiger partial charge on any atom is -0.340 e. The summed E-state index contributed by atoms with van der Waals surface area (Å²) in [6.45, 7) is 1.35. The smallest absolute Gasteiger partial charge is 0.325 e. The Hall–Kier alpha value is -1.64. The van der Waals surface area contributed by atoms with E-state index in [1.807, 2.05) is 0 Å². The number of hydrogen-bond acceptors (Lipinski definition) is 5. The largest absolute Gasteiger partial charge is 0.340 e. The van der Waals surface area contributed by atoms with Crippen molar-refractivity contribution in [3.05, 3.63) is 0 Å². The van der Waals surface area contributed by atoms with Crippen LogP contribution in [-0.4, -0.2) is 72.7 Å². The molecule has 23 heavy (non-hydrogen) atoms. The van der Waals surface area contributed by atoms with Crippen LogP contribution in [-0.2, 0) is 19.4 Å². The molecule has 3 fully saturated rings. The highest BCUT2D eigenvalue weighted by Gasteiger charge is 2.56. The predicted molar refractivity (Wildman–Crippen MR) is 81.2 cm³/mol. The van der Waals surface area contributed by atoms with Crippen molar-refractivity contribution in [1.29, 1.82) is 0 Å². The zero-order valence-electron chi connectivity index (χ0n) is 13.2. The van der Waals surface area contributed by atoms with Gasteiger partial charge in [-0.05, 0) is 32.1 Å². The molecule has 2 aliphatic heterocycles. The summed E-state index contributed by atoms with van der Waals surface area (Å²) in [6, 6.07) is -0.937. The van der Waals surface area contributed by atoms with E-state index in [1.54, 1.807) is 6.92 Å². The monoisotopic (exact) mass is 343 g/mol. The molecule has 0 aromatic rings. The van der Waals surface area contributed by atoms with E-state index in [9.17, 15) is 22.8 Å². The number of nitrogens with one attached hydrogen (secondary N) is 1. The molecule has 0 aromatic carbocycles. The average Bonchev–Trinajstić information content (AvgIpc) is 3.23. The molecule has 128 valence electrons. The number of nitrogens with zero attached hydrogens (tertiary/aromatic N) is 2. The van der Waals surface area contributed by atoms with Crippen molar-refractivity contribution in [2.24, 2.45) is 5.92 Å². The van der Waals surface area contributed by atoms with Crippen LogP contribution in [0, 0.1) is 5.92 Å². The summed E-state index contributed by atoms with van der Waals surface area (Å²) in [7, 11) is -1.58. The van der Waals surface area contributed by atoms with Gasteiger partial charge in [0.25, 0.3) is 5.91 Å². The number of rotatable bonds is 4. The Morgan fingerprint density at radius 1 is 1.35 bits per heavy atom. The minimum atomic E-state index is -3.10. The van der Waals surface area contributed by atoms with Crippen LogP contribution < -0.4 is 5.32 Å². The fourth-order valence-electron chi connectivity index (χ4n) is 3.33. The Balaban J connectivity index is 1.66. The van der Waals surface area contributed by atoms with Crippen LogP contribution in [0.3, 0.4) is 0 Å². The lowest BCUT2D eigenvalue weighted by molar-refractivity contribution is -0.139. The Morgan fingerprint density at radius 2 is 2.00 bits per heavy atom. The molecule has 1 N–H and O–H groups in total. The maximum atomic E-state index is 12.5. The minimum absolute atomic E-state index is 0.0603. The van der Waals surface area contributed by atoms with Gasteiger partial charge in [0.05, 0.1) is 11.5 Å². The molecule has 9 heteroatoms. The van der Waals surface area contributed by atoms with Gasteiger partial charge in [-0.3, -0.25) is 14.5 Å². The average molecular weight is 343 g/mol. The van der Waals surface area contributed by atoms with Crippen molar-refractivity contribution in [2.75, 3.05) is 25.1 Å². The molecule has 1 saturated carbocycles. The Morgan fingerprint density at radius 3 is 2.52 bits per heavy atom. The molecule has 0 bridgehead atoms. The number of carbonyl (C=O) groups excluding carboxylic acids is 3. The van der Waals surface area contributed by atoms with Crippen LogP contribution in [0.2, 0.25) is 0 Å². The first-order chi connectivity index (χ1) is 10.6. The number of amides is 4. The first kappa shape index (κ1) is 16.2. The summed E-state index contributed by atoms with van der Waals surface area (Å²) in [6.07, 6.45) is 2.18. The van der Waals surface area contributed by atoms with Gasteiger partial charge in [-0.15, -0.1) is 0 Å². The fourth-order valence-corrected chi connectivity index (χ4v) is 5.10. The van der Waals surface area contributed by atoms with Crippen molar-refractivity contribution in [3.63, 3.8) is 0 Å². The van der Waals surface area contributed by atoms with Crippen molar-refractivity contribution in [2.45, 2.75) is 37.8 Å². The summed E-state index contributed by atoms with van der Waals surface area (Å²) in [5.41, 5.74) is -0.910. The van der Waals surface area contributed by atoms with Crippen molar-refractivity contribution in [1.82, 2.24) is 15.1 Å². The molecule has 0 radical (unpaired) electrons. The number of likely N-dealkylation sites (N-methyl/N-ethyl adjacent to an activating group) is 1. The third-order valence-corrected chi connectivity index (χ3v) is 6.89. The normalized spacial score (nSPS) is 33.0. The van der Waals surface area contributed by atoms with Gasteiger partial charge in [0, 0.05) is 13.1 Å². The second-order valence-corrected chi connectivity index (χ2v) is 9.09. The van der Waals surface area contributed by atoms with Crippen LogP contribution in [0.5, 0.6) is 0 Å². The van der Waals surface area contributed by atoms with Gasteiger partial charge in [0.1, 0.15) is 12.1 Å². The van der Waals surface area contributed by atoms with Gasteiger partial charge >= 0.3 is 6.03 Å². The highest BCUT2D eigenvalue weighted by molar-refractivity contribution is 7.91. The third kappa shape index (κ3) is 2.82. The van der Waals surface area contributed by atoms with Crippen molar-refractivity contribution >= 4 is 27.7 Å². The lowest BCUT2D eigenvalue weighted by Crippen LogP contribution is -2.48. The SMILES string of the molecule is CN(C(=O)CN1C(=O)NC(C)(C2CC2)C1=O)C1CCS(=O)(=O)C1. The van der Waals surface area contributed by atoms with Crippen LogP contribution in [0.15, 0.2) is 0 Å². The fraction of sp³-hybridized carbons (Fsp3) is 0.786. The van der Waals surface area contributed by atoms with Gasteiger partial charge in [0.15, 0.2) is 9.84 Å². The lowest BCUT2D eigenvalue weighted by atomic mass is 9.96. The quantitative estimate of drug-likeness (QED) is 0.683. The summed E-state index contributed by atoms with van der Waals surface area (Å²) in [5, 5.41) is 2.69. The van der Waals surface area contributed by atoms with Gasteiger partial charge in [-0.25, -0.2) is 13.2 Å². The van der Waals surface area contributed by atoms with Crippen LogP contribution >= 0.6 is 0 Å². The standard InChI is InChI=1S/C14H21N3O5S/c1-14(9-3-4-9)12(19)17(13(20)15-14)7-11(18)16(2)10-5-6-23(21,22)8-10/h9-10H,3-8H2,1-2H3,(H,15,20). The number of sulfone groups is 1. The van der Waals surface area contributed by atoms with Crippen LogP contribution in [0.4, 0.5) is 4.79 Å². The first-order valence-electron chi connectivity index (χ1n) is 7.74. The Labute approximate surface area is 135 Å². The van der Waals surface area contributed by atoms with Crippen molar-refractivity contribution in [3.8, 4) is 0 Å². The number of carbonyl (C=O) groups is 3. The first-order valence-corrected chi connectivity index (χ1v) is 9.56. The summed E-state index contributed by atoms with van der Waals surface area (Å²) < 4.78 is 23.0. The van der Waals surface area contributed by atoms with E-state index in [4.69, 9.17) is 0 Å². The summed E-state index contributed by atoms with van der Waals surface area (Å²) in [4.78, 5) is 39.2. The number of urea groups is 1. The molecular weight excluding hydrogens is 322 g/mol. The molecule has 1 aliphatic carbocycles. The maximum absolute atomic E-state index is 12.5. The van der Waals surface area contributed by atoms with E-state index in [1.165, 1.54) is 11.9 Å². The molecule has 2 saturated heterocycles. The second kappa shape index (κ2) is 5.19. The topological polar surface area (TPSA) is 104 Å². The molecule has 3 rings (SSSR count). The Bertz CT molecular complexity index is 672. The third-order valence-electron chi connectivity index (χ3n) is 5.14. The zero-order valence-corrected chi connectivity index (χ0v) is 14.1. The van der Waals surface area contributed by atoms with Gasteiger partial charge < -0.3 is 10.2 Å². The summed E-state index contributed by atoms with van der Waals surface area (Å²) in [5.74, 6) is -0.647. The molecule has 0 aromatic heterocycles. The van der Waals surface area contributed by atoms with Crippen molar-refractivity contribution < 1.29 is 22.8 Å². The lowest BCUT2D eigenvalue weighted by Gasteiger charge is -2.25. The van der Waals surface area contributed by atoms with E-state index in [0.717, 1.165) is 17.7 Å². The highest BCUT2D eigenvalue weighted by Crippen LogP contribution is 2.42.